The zero-order valence-electron chi connectivity index (χ0n) is 9.30. The summed E-state index contributed by atoms with van der Waals surface area (Å²) in [5.41, 5.74) is 1.31. The number of hydrogen-bond acceptors (Lipinski definition) is 7. The summed E-state index contributed by atoms with van der Waals surface area (Å²) >= 11 is 0. The molecule has 1 N–H and O–H groups in total. The summed E-state index contributed by atoms with van der Waals surface area (Å²) in [6, 6.07) is 0. The summed E-state index contributed by atoms with van der Waals surface area (Å²) in [4.78, 5) is 31.5. The minimum absolute atomic E-state index is 0.222. The van der Waals surface area contributed by atoms with Gasteiger partial charge in [-0.15, -0.1) is 9.89 Å². The molecule has 0 saturated heterocycles. The summed E-state index contributed by atoms with van der Waals surface area (Å²) < 4.78 is 1.49. The lowest BCUT2D eigenvalue weighted by molar-refractivity contribution is 0.575. The predicted octanol–water partition coefficient (Wildman–Crippen LogP) is -1.03. The number of aromatic amines is 1. The highest BCUT2D eigenvalue weighted by Gasteiger charge is 2.12. The van der Waals surface area contributed by atoms with Crippen molar-refractivity contribution >= 4 is 22.3 Å². The van der Waals surface area contributed by atoms with Gasteiger partial charge in [-0.1, -0.05) is 0 Å². The molecule has 4 aromatic rings. The van der Waals surface area contributed by atoms with Crippen molar-refractivity contribution in [3.05, 3.63) is 35.5 Å². The van der Waals surface area contributed by atoms with Crippen molar-refractivity contribution in [2.24, 2.45) is 0 Å². The maximum Gasteiger partial charge on any atom is 0.278 e. The van der Waals surface area contributed by atoms with Crippen molar-refractivity contribution in [3.8, 4) is 0 Å². The molecule has 19 heavy (non-hydrogen) atoms. The maximum absolute atomic E-state index is 11.6. The van der Waals surface area contributed by atoms with Crippen LogP contribution in [-0.4, -0.2) is 44.7 Å². The maximum atomic E-state index is 11.6. The number of imidazole rings is 1. The number of nitrogens with one attached hydrogen (secondary N) is 1. The van der Waals surface area contributed by atoms with Crippen LogP contribution in [-0.2, 0) is 0 Å². The van der Waals surface area contributed by atoms with E-state index in [9.17, 15) is 4.79 Å². The van der Waals surface area contributed by atoms with Gasteiger partial charge in [0.2, 0.25) is 5.65 Å². The molecule has 0 unspecified atom stereocenters. The van der Waals surface area contributed by atoms with Crippen molar-refractivity contribution < 1.29 is 0 Å². The molecule has 4 rings (SSSR count). The van der Waals surface area contributed by atoms with Crippen LogP contribution in [0.15, 0.2) is 30.0 Å². The van der Waals surface area contributed by atoms with E-state index in [1.165, 1.54) is 28.4 Å². The third kappa shape index (κ3) is 1.27. The monoisotopic (exact) mass is 255 g/mol. The second kappa shape index (κ2) is 3.41. The normalized spacial score (nSPS) is 11.4. The molecule has 4 heterocycles. The predicted molar refractivity (Wildman–Crippen MR) is 62.1 cm³/mol. The molecule has 0 fully saturated rings. The van der Waals surface area contributed by atoms with Crippen molar-refractivity contribution in [1.82, 2.24) is 44.7 Å². The van der Waals surface area contributed by atoms with Gasteiger partial charge < -0.3 is 4.98 Å². The van der Waals surface area contributed by atoms with Gasteiger partial charge in [0.1, 0.15) is 12.7 Å². The summed E-state index contributed by atoms with van der Waals surface area (Å²) in [5.74, 6) is 0. The van der Waals surface area contributed by atoms with Gasteiger partial charge >= 0.3 is 0 Å². The lowest BCUT2D eigenvalue weighted by Gasteiger charge is -2.01. The van der Waals surface area contributed by atoms with Gasteiger partial charge in [-0.05, 0) is 5.21 Å². The van der Waals surface area contributed by atoms with Gasteiger partial charge in [-0.3, -0.25) is 4.79 Å². The number of fused-ring (bicyclic) bond motifs is 2. The molecule has 0 saturated carbocycles. The molecule has 0 aromatic carbocycles. The second-order valence-corrected chi connectivity index (χ2v) is 3.70. The Balaban J connectivity index is 2.10. The summed E-state index contributed by atoms with van der Waals surface area (Å²) in [7, 11) is 0. The summed E-state index contributed by atoms with van der Waals surface area (Å²) in [6.45, 7) is 0. The summed E-state index contributed by atoms with van der Waals surface area (Å²) in [6.07, 6.45) is 5.67. The third-order valence-corrected chi connectivity index (χ3v) is 2.63. The fraction of sp³-hybridized carbons (Fsp3) is 0. The molecule has 0 atom stereocenters. The van der Waals surface area contributed by atoms with Gasteiger partial charge in [-0.25, -0.2) is 19.9 Å². The van der Waals surface area contributed by atoms with E-state index >= 15 is 0 Å². The van der Waals surface area contributed by atoms with Crippen LogP contribution in [0.2, 0.25) is 0 Å². The molecular formula is C9H5N9O. The van der Waals surface area contributed by atoms with Crippen LogP contribution in [0.3, 0.4) is 0 Å². The van der Waals surface area contributed by atoms with E-state index in [-0.39, 0.29) is 11.1 Å². The van der Waals surface area contributed by atoms with Gasteiger partial charge in [-0.2, -0.15) is 4.68 Å². The standard InChI is InChI=1S/C9H5N9O/c19-9-6-8(12-3-13-9)17(4-14-6)18-7-5(15-16-18)1-10-2-11-7/h1-4H,(H,12,13,19). The Morgan fingerprint density at radius 2 is 2.11 bits per heavy atom. The first-order chi connectivity index (χ1) is 9.34. The highest BCUT2D eigenvalue weighted by atomic mass is 16.1. The topological polar surface area (TPSA) is 120 Å². The lowest BCUT2D eigenvalue weighted by atomic mass is 10.5. The molecule has 0 aliphatic heterocycles. The van der Waals surface area contributed by atoms with E-state index in [0.29, 0.717) is 16.8 Å². The molecule has 92 valence electrons. The molecule has 0 aliphatic rings. The van der Waals surface area contributed by atoms with Crippen LogP contribution in [0.25, 0.3) is 22.3 Å². The average molecular weight is 255 g/mol. The Morgan fingerprint density at radius 3 is 3.05 bits per heavy atom. The first kappa shape index (κ1) is 9.82. The largest absolute Gasteiger partial charge is 0.311 e. The van der Waals surface area contributed by atoms with Gasteiger partial charge in [0.05, 0.1) is 12.5 Å². The van der Waals surface area contributed by atoms with Crippen LogP contribution >= 0.6 is 0 Å². The Morgan fingerprint density at radius 1 is 1.16 bits per heavy atom. The minimum Gasteiger partial charge on any atom is -0.311 e. The van der Waals surface area contributed by atoms with Crippen molar-refractivity contribution in [2.45, 2.75) is 0 Å². The molecule has 4 aromatic heterocycles. The Kier molecular flexibility index (Phi) is 1.76. The Bertz CT molecular complexity index is 949. The highest BCUT2D eigenvalue weighted by Crippen LogP contribution is 2.09. The Hall–Kier alpha value is -3.17. The highest BCUT2D eigenvalue weighted by molar-refractivity contribution is 5.71. The van der Waals surface area contributed by atoms with Crippen LogP contribution in [0.5, 0.6) is 0 Å². The summed E-state index contributed by atoms with van der Waals surface area (Å²) in [5, 5.41) is 7.88. The number of nitrogens with zero attached hydrogens (tertiary/aromatic N) is 8. The Labute approximate surface area is 103 Å². The van der Waals surface area contributed by atoms with E-state index in [1.54, 1.807) is 6.20 Å². The first-order valence-corrected chi connectivity index (χ1v) is 5.27. The molecule has 10 heteroatoms. The van der Waals surface area contributed by atoms with E-state index in [1.807, 2.05) is 0 Å². The van der Waals surface area contributed by atoms with E-state index in [0.717, 1.165) is 0 Å². The van der Waals surface area contributed by atoms with Crippen molar-refractivity contribution in [2.75, 3.05) is 0 Å². The quantitative estimate of drug-likeness (QED) is 0.461. The molecule has 0 amide bonds. The SMILES string of the molecule is O=c1[nH]cnc2c1ncn2-n1nnc2cncnc21. The van der Waals surface area contributed by atoms with Crippen molar-refractivity contribution in [3.63, 3.8) is 0 Å². The number of aromatic nitrogens is 9. The van der Waals surface area contributed by atoms with Crippen molar-refractivity contribution in [1.29, 1.82) is 0 Å². The van der Waals surface area contributed by atoms with Gasteiger partial charge in [0.25, 0.3) is 5.56 Å². The van der Waals surface area contributed by atoms with Crippen LogP contribution in [0, 0.1) is 0 Å². The smallest absolute Gasteiger partial charge is 0.278 e. The van der Waals surface area contributed by atoms with Crippen LogP contribution < -0.4 is 5.56 Å². The zero-order chi connectivity index (χ0) is 12.8. The fourth-order valence-corrected chi connectivity index (χ4v) is 1.79. The van der Waals surface area contributed by atoms with Crippen LogP contribution in [0.4, 0.5) is 0 Å². The lowest BCUT2D eigenvalue weighted by Crippen LogP contribution is -2.13. The van der Waals surface area contributed by atoms with E-state index in [2.05, 4.69) is 35.2 Å². The molecular weight excluding hydrogens is 250 g/mol. The molecule has 10 nitrogen and oxygen atoms in total. The zero-order valence-corrected chi connectivity index (χ0v) is 9.30. The number of rotatable bonds is 1. The van der Waals surface area contributed by atoms with Crippen LogP contribution in [0.1, 0.15) is 0 Å². The van der Waals surface area contributed by atoms with E-state index in [4.69, 9.17) is 0 Å². The van der Waals surface area contributed by atoms with E-state index < -0.39 is 0 Å². The van der Waals surface area contributed by atoms with Gasteiger partial charge in [0.15, 0.2) is 16.7 Å². The minimum atomic E-state index is -0.317. The van der Waals surface area contributed by atoms with Gasteiger partial charge in [0, 0.05) is 0 Å². The fourth-order valence-electron chi connectivity index (χ4n) is 1.79. The second-order valence-electron chi connectivity index (χ2n) is 3.70. The molecule has 0 aliphatic carbocycles. The molecule has 0 radical (unpaired) electrons. The number of H-pyrrole nitrogens is 1. The first-order valence-electron chi connectivity index (χ1n) is 5.27. The molecule has 0 bridgehead atoms. The number of hydrogen-bond donors (Lipinski definition) is 1. The third-order valence-electron chi connectivity index (χ3n) is 2.63. The average Bonchev–Trinajstić information content (AvgIpc) is 3.02. The molecule has 0 spiro atoms.